The SMILES string of the molecule is NC(=O)C(N)COc1cc(Br)cc(F)c1F. The summed E-state index contributed by atoms with van der Waals surface area (Å²) in [5, 5.41) is 0. The molecule has 0 aliphatic heterocycles. The van der Waals surface area contributed by atoms with E-state index >= 15 is 0 Å². The van der Waals surface area contributed by atoms with Crippen LogP contribution in [0.15, 0.2) is 16.6 Å². The summed E-state index contributed by atoms with van der Waals surface area (Å²) < 4.78 is 31.2. The summed E-state index contributed by atoms with van der Waals surface area (Å²) in [5.74, 6) is -3.31. The van der Waals surface area contributed by atoms with Crippen molar-refractivity contribution in [3.8, 4) is 5.75 Å². The summed E-state index contributed by atoms with van der Waals surface area (Å²) in [6.45, 7) is -0.317. The molecule has 4 N–H and O–H groups in total. The van der Waals surface area contributed by atoms with E-state index in [1.165, 1.54) is 6.07 Å². The van der Waals surface area contributed by atoms with Crippen molar-refractivity contribution in [1.82, 2.24) is 0 Å². The molecule has 0 aliphatic rings. The maximum atomic E-state index is 13.2. The van der Waals surface area contributed by atoms with Crippen LogP contribution in [0.3, 0.4) is 0 Å². The number of hydrogen-bond acceptors (Lipinski definition) is 3. The normalized spacial score (nSPS) is 12.2. The Kier molecular flexibility index (Phi) is 4.19. The molecule has 0 fully saturated rings. The maximum Gasteiger partial charge on any atom is 0.237 e. The number of carbonyl (C=O) groups is 1. The van der Waals surface area contributed by atoms with Crippen molar-refractivity contribution in [2.45, 2.75) is 6.04 Å². The zero-order valence-electron chi connectivity index (χ0n) is 8.04. The lowest BCUT2D eigenvalue weighted by molar-refractivity contribution is -0.119. The third-order valence-corrected chi connectivity index (χ3v) is 2.20. The van der Waals surface area contributed by atoms with Crippen LogP contribution < -0.4 is 16.2 Å². The zero-order valence-corrected chi connectivity index (χ0v) is 9.63. The van der Waals surface area contributed by atoms with Crippen LogP contribution in [0.2, 0.25) is 0 Å². The van der Waals surface area contributed by atoms with Crippen LogP contribution in [-0.4, -0.2) is 18.6 Å². The Labute approximate surface area is 98.7 Å². The molecular formula is C9H9BrF2N2O2. The molecule has 0 radical (unpaired) electrons. The second-order valence-corrected chi connectivity index (χ2v) is 3.94. The lowest BCUT2D eigenvalue weighted by atomic mass is 10.3. The van der Waals surface area contributed by atoms with E-state index in [-0.39, 0.29) is 12.4 Å². The topological polar surface area (TPSA) is 78.3 Å². The average molecular weight is 295 g/mol. The molecule has 88 valence electrons. The van der Waals surface area contributed by atoms with Crippen molar-refractivity contribution >= 4 is 21.8 Å². The van der Waals surface area contributed by atoms with Crippen molar-refractivity contribution in [3.05, 3.63) is 28.2 Å². The number of benzene rings is 1. The minimum absolute atomic E-state index is 0.314. The number of ether oxygens (including phenoxy) is 1. The fourth-order valence-corrected chi connectivity index (χ4v) is 1.31. The molecule has 1 unspecified atom stereocenters. The van der Waals surface area contributed by atoms with Gasteiger partial charge in [-0.1, -0.05) is 15.9 Å². The van der Waals surface area contributed by atoms with E-state index in [4.69, 9.17) is 16.2 Å². The summed E-state index contributed by atoms with van der Waals surface area (Å²) >= 11 is 2.97. The monoisotopic (exact) mass is 294 g/mol. The molecule has 0 heterocycles. The molecule has 0 aromatic heterocycles. The van der Waals surface area contributed by atoms with Crippen LogP contribution in [-0.2, 0) is 4.79 Å². The molecule has 1 amide bonds. The molecular weight excluding hydrogens is 286 g/mol. The predicted octanol–water partition coefficient (Wildman–Crippen LogP) is 0.919. The fraction of sp³-hybridized carbons (Fsp3) is 0.222. The first-order valence-electron chi connectivity index (χ1n) is 4.24. The Balaban J connectivity index is 2.78. The number of halogens is 3. The van der Waals surface area contributed by atoms with Gasteiger partial charge in [-0.25, -0.2) is 4.39 Å². The van der Waals surface area contributed by atoms with Crippen LogP contribution in [0, 0.1) is 11.6 Å². The molecule has 7 heteroatoms. The van der Waals surface area contributed by atoms with Gasteiger partial charge >= 0.3 is 0 Å². The Morgan fingerprint density at radius 3 is 2.69 bits per heavy atom. The molecule has 1 atom stereocenters. The van der Waals surface area contributed by atoms with Gasteiger partial charge in [0.2, 0.25) is 11.7 Å². The van der Waals surface area contributed by atoms with Crippen molar-refractivity contribution in [2.75, 3.05) is 6.61 Å². The Morgan fingerprint density at radius 2 is 2.12 bits per heavy atom. The number of rotatable bonds is 4. The summed E-state index contributed by atoms with van der Waals surface area (Å²) in [6.07, 6.45) is 0. The average Bonchev–Trinajstić information content (AvgIpc) is 2.20. The zero-order chi connectivity index (χ0) is 12.3. The molecule has 1 rings (SSSR count). The molecule has 0 bridgehead atoms. The van der Waals surface area contributed by atoms with Crippen LogP contribution in [0.4, 0.5) is 8.78 Å². The molecule has 1 aromatic rings. The smallest absolute Gasteiger partial charge is 0.237 e. The molecule has 0 spiro atoms. The molecule has 16 heavy (non-hydrogen) atoms. The van der Waals surface area contributed by atoms with Crippen molar-refractivity contribution in [2.24, 2.45) is 11.5 Å². The van der Waals surface area contributed by atoms with Gasteiger partial charge in [0, 0.05) is 4.47 Å². The van der Waals surface area contributed by atoms with Gasteiger partial charge in [-0.15, -0.1) is 0 Å². The molecule has 0 saturated carbocycles. The third kappa shape index (κ3) is 3.14. The van der Waals surface area contributed by atoms with Crippen LogP contribution in [0.5, 0.6) is 5.75 Å². The standard InChI is InChI=1S/C9H9BrF2N2O2/c10-4-1-5(11)8(12)7(2-4)16-3-6(13)9(14)15/h1-2,6H,3,13H2,(H2,14,15). The molecule has 4 nitrogen and oxygen atoms in total. The Hall–Kier alpha value is -1.21. The summed E-state index contributed by atoms with van der Waals surface area (Å²) in [5.41, 5.74) is 10.1. The molecule has 0 saturated heterocycles. The van der Waals surface area contributed by atoms with E-state index < -0.39 is 23.6 Å². The van der Waals surface area contributed by atoms with Gasteiger partial charge in [0.1, 0.15) is 12.6 Å². The number of amides is 1. The Morgan fingerprint density at radius 1 is 1.50 bits per heavy atom. The number of carbonyl (C=O) groups excluding carboxylic acids is 1. The van der Waals surface area contributed by atoms with E-state index in [0.29, 0.717) is 4.47 Å². The van der Waals surface area contributed by atoms with Gasteiger partial charge in [0.05, 0.1) is 0 Å². The van der Waals surface area contributed by atoms with Gasteiger partial charge in [-0.3, -0.25) is 4.79 Å². The van der Waals surface area contributed by atoms with Crippen LogP contribution in [0.1, 0.15) is 0 Å². The van der Waals surface area contributed by atoms with Crippen LogP contribution >= 0.6 is 15.9 Å². The van der Waals surface area contributed by atoms with Crippen molar-refractivity contribution in [1.29, 1.82) is 0 Å². The highest BCUT2D eigenvalue weighted by Gasteiger charge is 2.14. The second kappa shape index (κ2) is 5.22. The van der Waals surface area contributed by atoms with Crippen molar-refractivity contribution in [3.63, 3.8) is 0 Å². The number of primary amides is 1. The van der Waals surface area contributed by atoms with E-state index in [1.54, 1.807) is 0 Å². The Bertz CT molecular complexity index is 415. The maximum absolute atomic E-state index is 13.2. The van der Waals surface area contributed by atoms with E-state index in [2.05, 4.69) is 15.9 Å². The quantitative estimate of drug-likeness (QED) is 0.811. The third-order valence-electron chi connectivity index (χ3n) is 1.74. The first kappa shape index (κ1) is 12.9. The summed E-state index contributed by atoms with van der Waals surface area (Å²) in [4.78, 5) is 10.6. The first-order valence-corrected chi connectivity index (χ1v) is 5.03. The molecule has 1 aromatic carbocycles. The lowest BCUT2D eigenvalue weighted by Gasteiger charge is -2.11. The van der Waals surface area contributed by atoms with E-state index in [1.807, 2.05) is 0 Å². The lowest BCUT2D eigenvalue weighted by Crippen LogP contribution is -2.41. The summed E-state index contributed by atoms with van der Waals surface area (Å²) in [7, 11) is 0. The second-order valence-electron chi connectivity index (χ2n) is 3.02. The van der Waals surface area contributed by atoms with Gasteiger partial charge in [-0.05, 0) is 12.1 Å². The van der Waals surface area contributed by atoms with E-state index in [0.717, 1.165) is 6.07 Å². The van der Waals surface area contributed by atoms with Gasteiger partial charge in [0.25, 0.3) is 0 Å². The number of hydrogen-bond donors (Lipinski definition) is 2. The highest BCUT2D eigenvalue weighted by molar-refractivity contribution is 9.10. The van der Waals surface area contributed by atoms with Gasteiger partial charge in [0.15, 0.2) is 11.6 Å². The highest BCUT2D eigenvalue weighted by Crippen LogP contribution is 2.25. The highest BCUT2D eigenvalue weighted by atomic mass is 79.9. The first-order chi connectivity index (χ1) is 7.41. The predicted molar refractivity (Wildman–Crippen MR) is 56.7 cm³/mol. The van der Waals surface area contributed by atoms with Crippen molar-refractivity contribution < 1.29 is 18.3 Å². The largest absolute Gasteiger partial charge is 0.488 e. The van der Waals surface area contributed by atoms with Gasteiger partial charge < -0.3 is 16.2 Å². The van der Waals surface area contributed by atoms with Gasteiger partial charge in [-0.2, -0.15) is 4.39 Å². The molecule has 0 aliphatic carbocycles. The number of nitrogens with two attached hydrogens (primary N) is 2. The minimum Gasteiger partial charge on any atom is -0.488 e. The van der Waals surface area contributed by atoms with E-state index in [9.17, 15) is 13.6 Å². The van der Waals surface area contributed by atoms with Crippen LogP contribution in [0.25, 0.3) is 0 Å². The fourth-order valence-electron chi connectivity index (χ4n) is 0.899. The summed E-state index contributed by atoms with van der Waals surface area (Å²) in [6, 6.07) is 1.11. The minimum atomic E-state index is -1.14.